The molecule has 9 nitrogen and oxygen atoms in total. The Morgan fingerprint density at radius 3 is 2.62 bits per heavy atom. The fourth-order valence-electron chi connectivity index (χ4n) is 1.78. The summed E-state index contributed by atoms with van der Waals surface area (Å²) in [6.45, 7) is 4.13. The molecule has 0 radical (unpaired) electrons. The monoisotopic (exact) mass is 419 g/mol. The quantitative estimate of drug-likeness (QED) is 0.288. The fourth-order valence-corrected chi connectivity index (χ4v) is 8.18. The van der Waals surface area contributed by atoms with Gasteiger partial charge in [0.25, 0.3) is 5.69 Å². The summed E-state index contributed by atoms with van der Waals surface area (Å²) in [6, 6.07) is 5.69. The minimum absolute atomic E-state index is 0.0140. The zero-order valence-corrected chi connectivity index (χ0v) is 16.7. The maximum Gasteiger partial charge on any atom is 0.313 e. The number of nitro benzene ring substituents is 1. The number of hydrogen-bond acceptors (Lipinski definition) is 10. The molecule has 2 aromatic rings. The smallest absolute Gasteiger partial charge is 0.313 e. The third kappa shape index (κ3) is 6.31. The molecule has 1 aromatic carbocycles. The summed E-state index contributed by atoms with van der Waals surface area (Å²) in [7, 11) is 0. The second-order valence-electron chi connectivity index (χ2n) is 4.70. The standard InChI is InChI=1S/C14H18N3O6PS2/c1-3-22-24(20,25-4-2)26-10-14-15-13(16-23-14)9-21-12-7-5-11(6-8-12)17(18)19/h5-8H,3-4,9-10H2,1-2H3/t24-/m0/s1. The predicted molar refractivity (Wildman–Crippen MR) is 100 cm³/mol. The van der Waals surface area contributed by atoms with Crippen LogP contribution >= 0.6 is 28.5 Å². The van der Waals surface area contributed by atoms with Gasteiger partial charge in [-0.05, 0) is 30.4 Å². The Labute approximate surface area is 158 Å². The first kappa shape index (κ1) is 20.8. The molecule has 0 unspecified atom stereocenters. The zero-order valence-electron chi connectivity index (χ0n) is 14.2. The lowest BCUT2D eigenvalue weighted by Gasteiger charge is -2.13. The normalized spacial score (nSPS) is 13.3. The lowest BCUT2D eigenvalue weighted by atomic mass is 10.3. The Bertz CT molecular complexity index is 760. The van der Waals surface area contributed by atoms with Crippen LogP contribution in [0.2, 0.25) is 0 Å². The molecule has 142 valence electrons. The average Bonchev–Trinajstić information content (AvgIpc) is 3.07. The Hall–Kier alpha value is -1.55. The number of nitrogens with zero attached hydrogens (tertiary/aromatic N) is 3. The Balaban J connectivity index is 1.87. The van der Waals surface area contributed by atoms with Crippen LogP contribution in [0.1, 0.15) is 25.6 Å². The van der Waals surface area contributed by atoms with Crippen LogP contribution in [0.15, 0.2) is 28.8 Å². The summed E-state index contributed by atoms with van der Waals surface area (Å²) in [5.41, 5.74) is -0.0140. The Morgan fingerprint density at radius 1 is 1.27 bits per heavy atom. The van der Waals surface area contributed by atoms with Gasteiger partial charge in [-0.3, -0.25) is 14.7 Å². The van der Waals surface area contributed by atoms with Gasteiger partial charge < -0.3 is 13.8 Å². The Morgan fingerprint density at radius 2 is 2.00 bits per heavy atom. The van der Waals surface area contributed by atoms with Gasteiger partial charge in [-0.1, -0.05) is 23.5 Å². The van der Waals surface area contributed by atoms with Crippen molar-refractivity contribution in [1.29, 1.82) is 0 Å². The fraction of sp³-hybridized carbons (Fsp3) is 0.429. The second kappa shape index (κ2) is 9.96. The molecule has 0 amide bonds. The van der Waals surface area contributed by atoms with Crippen molar-refractivity contribution in [2.75, 3.05) is 12.4 Å². The number of rotatable bonds is 11. The van der Waals surface area contributed by atoms with Crippen LogP contribution in [-0.2, 0) is 21.4 Å². The maximum atomic E-state index is 12.5. The number of ether oxygens (including phenoxy) is 1. The van der Waals surface area contributed by atoms with Crippen molar-refractivity contribution < 1.29 is 23.3 Å². The van der Waals surface area contributed by atoms with E-state index in [1.165, 1.54) is 35.6 Å². The van der Waals surface area contributed by atoms with E-state index >= 15 is 0 Å². The summed E-state index contributed by atoms with van der Waals surface area (Å²) in [5, 5.41) is 14.4. The van der Waals surface area contributed by atoms with E-state index < -0.39 is 10.7 Å². The SMILES string of the molecule is CCO[P@@](=O)(SCC)SCc1nc(COc2ccc([N+](=O)[O-])cc2)no1. The Kier molecular flexibility index (Phi) is 7.95. The van der Waals surface area contributed by atoms with Crippen molar-refractivity contribution in [2.45, 2.75) is 26.2 Å². The van der Waals surface area contributed by atoms with E-state index in [1.54, 1.807) is 6.92 Å². The highest BCUT2D eigenvalue weighted by Gasteiger charge is 2.25. The van der Waals surface area contributed by atoms with E-state index in [9.17, 15) is 14.7 Å². The van der Waals surface area contributed by atoms with Gasteiger partial charge >= 0.3 is 5.77 Å². The number of non-ortho nitro benzene ring substituents is 1. The van der Waals surface area contributed by atoms with Gasteiger partial charge in [0.2, 0.25) is 11.7 Å². The minimum atomic E-state index is -2.83. The van der Waals surface area contributed by atoms with Gasteiger partial charge in [0.15, 0.2) is 6.61 Å². The summed E-state index contributed by atoms with van der Waals surface area (Å²) in [6.07, 6.45) is 0. The molecule has 0 aliphatic heterocycles. The third-order valence-corrected chi connectivity index (χ3v) is 10.3. The molecule has 0 aliphatic rings. The van der Waals surface area contributed by atoms with Crippen LogP contribution in [0, 0.1) is 10.1 Å². The third-order valence-electron chi connectivity index (χ3n) is 2.85. The first-order chi connectivity index (χ1) is 12.5. The van der Waals surface area contributed by atoms with Crippen LogP contribution in [-0.4, -0.2) is 27.4 Å². The van der Waals surface area contributed by atoms with Crippen molar-refractivity contribution in [3.05, 3.63) is 46.1 Å². The molecular weight excluding hydrogens is 401 g/mol. The first-order valence-electron chi connectivity index (χ1n) is 7.68. The van der Waals surface area contributed by atoms with Gasteiger partial charge in [-0.2, -0.15) is 4.98 Å². The first-order valence-corrected chi connectivity index (χ1v) is 12.5. The number of nitro groups is 1. The van der Waals surface area contributed by atoms with E-state index in [4.69, 9.17) is 13.8 Å². The minimum Gasteiger partial charge on any atom is -0.485 e. The van der Waals surface area contributed by atoms with Gasteiger partial charge in [-0.15, -0.1) is 0 Å². The molecule has 1 heterocycles. The molecule has 0 saturated carbocycles. The van der Waals surface area contributed by atoms with Crippen molar-refractivity contribution in [3.63, 3.8) is 0 Å². The van der Waals surface area contributed by atoms with Crippen LogP contribution in [0.4, 0.5) is 5.69 Å². The molecule has 2 rings (SSSR count). The molecule has 0 saturated heterocycles. The summed E-state index contributed by atoms with van der Waals surface area (Å²) < 4.78 is 28.5. The molecule has 26 heavy (non-hydrogen) atoms. The van der Waals surface area contributed by atoms with Crippen molar-refractivity contribution in [1.82, 2.24) is 10.1 Å². The molecule has 1 aromatic heterocycles. The van der Waals surface area contributed by atoms with Crippen molar-refractivity contribution in [2.24, 2.45) is 0 Å². The molecule has 1 atom stereocenters. The van der Waals surface area contributed by atoms with E-state index in [2.05, 4.69) is 10.1 Å². The van der Waals surface area contributed by atoms with Crippen LogP contribution in [0.3, 0.4) is 0 Å². The van der Waals surface area contributed by atoms with Gasteiger partial charge in [0.05, 0.1) is 17.3 Å². The highest BCUT2D eigenvalue weighted by atomic mass is 33.1. The van der Waals surface area contributed by atoms with E-state index in [0.717, 1.165) is 11.4 Å². The summed E-state index contributed by atoms with van der Waals surface area (Å²) in [5.74, 6) is -0.767. The van der Waals surface area contributed by atoms with Crippen LogP contribution in [0.5, 0.6) is 5.75 Å². The highest BCUT2D eigenvalue weighted by Crippen LogP contribution is 2.70. The lowest BCUT2D eigenvalue weighted by molar-refractivity contribution is -0.384. The lowest BCUT2D eigenvalue weighted by Crippen LogP contribution is -1.98. The van der Waals surface area contributed by atoms with Crippen molar-refractivity contribution >= 4 is 34.2 Å². The van der Waals surface area contributed by atoms with Gasteiger partial charge in [0, 0.05) is 17.9 Å². The predicted octanol–water partition coefficient (Wildman–Crippen LogP) is 4.69. The van der Waals surface area contributed by atoms with E-state index in [0.29, 0.717) is 29.8 Å². The van der Waals surface area contributed by atoms with E-state index in [1.807, 2.05) is 6.92 Å². The topological polar surface area (TPSA) is 118 Å². The van der Waals surface area contributed by atoms with Crippen molar-refractivity contribution in [3.8, 4) is 5.75 Å². The zero-order chi connectivity index (χ0) is 19.0. The second-order valence-corrected chi connectivity index (χ2v) is 12.4. The maximum absolute atomic E-state index is 12.5. The number of aromatic nitrogens is 2. The molecular formula is C14H18N3O6PS2. The van der Waals surface area contributed by atoms with Crippen LogP contribution in [0.25, 0.3) is 0 Å². The van der Waals surface area contributed by atoms with E-state index in [-0.39, 0.29) is 18.0 Å². The molecule has 0 bridgehead atoms. The molecule has 0 N–H and O–H groups in total. The number of hydrogen-bond donors (Lipinski definition) is 0. The summed E-state index contributed by atoms with van der Waals surface area (Å²) in [4.78, 5) is 14.3. The van der Waals surface area contributed by atoms with Gasteiger partial charge in [0.1, 0.15) is 5.75 Å². The molecule has 12 heteroatoms. The van der Waals surface area contributed by atoms with Gasteiger partial charge in [-0.25, -0.2) is 0 Å². The molecule has 0 aliphatic carbocycles. The number of benzene rings is 1. The average molecular weight is 419 g/mol. The summed E-state index contributed by atoms with van der Waals surface area (Å²) >= 11 is 2.43. The largest absolute Gasteiger partial charge is 0.485 e. The van der Waals surface area contributed by atoms with Crippen LogP contribution < -0.4 is 4.74 Å². The molecule has 0 fully saturated rings. The molecule has 0 spiro atoms. The highest BCUT2D eigenvalue weighted by molar-refractivity contribution is 8.89.